The third-order valence-electron chi connectivity index (χ3n) is 17.7. The molecular formula is C61H76FN5O13. The molecule has 10 atom stereocenters. The van der Waals surface area contributed by atoms with Gasteiger partial charge in [0.25, 0.3) is 17.2 Å². The van der Waals surface area contributed by atoms with Crippen LogP contribution in [0.5, 0.6) is 11.5 Å². The Kier molecular flexibility index (Phi) is 16.5. The van der Waals surface area contributed by atoms with Crippen LogP contribution < -0.4 is 25.8 Å². The number of esters is 1. The number of amides is 1. The van der Waals surface area contributed by atoms with Crippen LogP contribution in [0.1, 0.15) is 140 Å². The summed E-state index contributed by atoms with van der Waals surface area (Å²) >= 11 is 0. The first kappa shape index (κ1) is 58.0. The number of aliphatic hydroxyl groups is 2. The van der Waals surface area contributed by atoms with Gasteiger partial charge in [-0.3, -0.25) is 33.2 Å². The first-order chi connectivity index (χ1) is 37.9. The molecule has 3 fully saturated rings. The van der Waals surface area contributed by atoms with Gasteiger partial charge in [-0.1, -0.05) is 45.9 Å². The number of aryl methyl sites for hydroxylation is 2. The van der Waals surface area contributed by atoms with Crippen LogP contribution in [0.25, 0.3) is 5.52 Å². The number of methoxy groups -OCH3 is 1. The minimum absolute atomic E-state index is 0.0115. The molecular weight excluding hydrogens is 1030 g/mol. The van der Waals surface area contributed by atoms with Gasteiger partial charge in [0.2, 0.25) is 11.6 Å². The van der Waals surface area contributed by atoms with Gasteiger partial charge >= 0.3 is 11.8 Å². The van der Waals surface area contributed by atoms with E-state index in [2.05, 4.69) is 15.5 Å². The lowest BCUT2D eigenvalue weighted by molar-refractivity contribution is -0.160. The van der Waals surface area contributed by atoms with Crippen LogP contribution in [-0.4, -0.2) is 130 Å². The number of allylic oxidation sites excluding steroid dienone is 4. The number of phenols is 1. The zero-order chi connectivity index (χ0) is 58.0. The molecule has 0 radical (unpaired) electrons. The average molecular weight is 1110 g/mol. The van der Waals surface area contributed by atoms with E-state index in [-0.39, 0.29) is 70.0 Å². The number of carbonyl (C=O) groups is 5. The van der Waals surface area contributed by atoms with Crippen LogP contribution in [0, 0.1) is 56.2 Å². The highest BCUT2D eigenvalue weighted by Crippen LogP contribution is 2.50. The van der Waals surface area contributed by atoms with Crippen LogP contribution in [0.2, 0.25) is 0 Å². The van der Waals surface area contributed by atoms with Gasteiger partial charge in [-0.15, -0.1) is 0 Å². The van der Waals surface area contributed by atoms with Crippen molar-refractivity contribution in [2.45, 2.75) is 144 Å². The van der Waals surface area contributed by atoms with Crippen molar-refractivity contribution in [3.05, 3.63) is 115 Å². The molecule has 2 aromatic heterocycles. The molecule has 2 saturated heterocycles. The molecule has 1 saturated carbocycles. The van der Waals surface area contributed by atoms with Crippen LogP contribution in [0.4, 0.5) is 10.1 Å². The maximum atomic E-state index is 16.0. The Morgan fingerprint density at radius 1 is 0.875 bits per heavy atom. The fraction of sp³-hybridized carbons (Fsp3) is 0.541. The zero-order valence-corrected chi connectivity index (χ0v) is 47.6. The minimum Gasteiger partial charge on any atom is -0.507 e. The van der Waals surface area contributed by atoms with Crippen molar-refractivity contribution in [1.82, 2.24) is 19.9 Å². The van der Waals surface area contributed by atoms with Gasteiger partial charge in [0, 0.05) is 93.5 Å². The summed E-state index contributed by atoms with van der Waals surface area (Å²) < 4.78 is 41.4. The molecule has 1 aromatic carbocycles. The van der Waals surface area contributed by atoms with E-state index in [1.54, 1.807) is 51.7 Å². The number of hydrogen-bond acceptors (Lipinski definition) is 16. The SMILES string of the molecule is CO[C@H]1/C=C/O[C@@]2(C)Oc3c(C)c(O)c4c(c3C2=O)C(=O)C(N2CCC(NCC3CCN(c5c(F)cn6c(=O)c(C)cc(C7CC7)c6c5C)C3)CC2)=C(NC(=O)/C(C)=C\C=C\[C@H](C)[C@H](O)[C@@H](C)[C@@H](O)[C@@H](C)[C@H](OC(C)=O)[C@@H]1C)C4=O. The van der Waals surface area contributed by atoms with E-state index in [1.165, 1.54) is 63.8 Å². The Morgan fingerprint density at radius 2 is 1.56 bits per heavy atom. The fourth-order valence-corrected chi connectivity index (χ4v) is 12.7. The molecule has 80 heavy (non-hydrogen) atoms. The fourth-order valence-electron chi connectivity index (χ4n) is 12.7. The monoisotopic (exact) mass is 1110 g/mol. The molecule has 1 amide bonds. The number of aromatic hydroxyl groups is 1. The molecule has 430 valence electrons. The molecule has 7 heterocycles. The predicted octanol–water partition coefficient (Wildman–Crippen LogP) is 6.78. The second kappa shape index (κ2) is 22.7. The number of pyridine rings is 2. The number of ether oxygens (including phenoxy) is 4. The number of hydrogen-bond donors (Lipinski definition) is 5. The first-order valence-electron chi connectivity index (χ1n) is 28.0. The van der Waals surface area contributed by atoms with Crippen LogP contribution in [-0.2, 0) is 23.8 Å². The molecule has 19 heteroatoms. The summed E-state index contributed by atoms with van der Waals surface area (Å²) in [7, 11) is 1.43. The number of carbonyl (C=O) groups excluding carboxylic acids is 5. The van der Waals surface area contributed by atoms with Crippen LogP contribution >= 0.6 is 0 Å². The van der Waals surface area contributed by atoms with E-state index >= 15 is 14.0 Å². The van der Waals surface area contributed by atoms with Crippen molar-refractivity contribution in [2.75, 3.05) is 44.7 Å². The lowest BCUT2D eigenvalue weighted by Crippen LogP contribution is -2.47. The second-order valence-electron chi connectivity index (χ2n) is 23.3. The number of piperidine rings is 1. The molecule has 7 aliphatic rings. The summed E-state index contributed by atoms with van der Waals surface area (Å²) in [6.07, 6.45) is 8.65. The first-order valence-corrected chi connectivity index (χ1v) is 28.0. The quantitative estimate of drug-likeness (QED) is 0.146. The Hall–Kier alpha value is -6.67. The summed E-state index contributed by atoms with van der Waals surface area (Å²) in [5.41, 5.74) is 2.03. The summed E-state index contributed by atoms with van der Waals surface area (Å²) in [4.78, 5) is 88.8. The van der Waals surface area contributed by atoms with Crippen molar-refractivity contribution in [1.29, 1.82) is 0 Å². The average Bonchev–Trinajstić information content (AvgIpc) is 4.19. The lowest BCUT2D eigenvalue weighted by atomic mass is 9.78. The Balaban J connectivity index is 0.993. The van der Waals surface area contributed by atoms with Gasteiger partial charge in [-0.25, -0.2) is 4.39 Å². The largest absolute Gasteiger partial charge is 0.507 e. The van der Waals surface area contributed by atoms with E-state index in [1.807, 2.05) is 13.0 Å². The molecule has 5 bridgehead atoms. The number of fused-ring (bicyclic) bond motifs is 15. The van der Waals surface area contributed by atoms with Gasteiger partial charge in [0.1, 0.15) is 29.0 Å². The number of likely N-dealkylation sites (tertiary alicyclic amines) is 1. The number of benzene rings is 1. The molecule has 18 nitrogen and oxygen atoms in total. The molecule has 3 aromatic rings. The number of Topliss-reactive ketones (excluding diaryl/α,β-unsaturated/α-hetero) is 3. The molecule has 5 N–H and O–H groups in total. The topological polar surface area (TPSA) is 235 Å². The summed E-state index contributed by atoms with van der Waals surface area (Å²) in [6, 6.07) is 1.96. The minimum atomic E-state index is -2.12. The highest BCUT2D eigenvalue weighted by Gasteiger charge is 2.53. The van der Waals surface area contributed by atoms with Gasteiger partial charge in [0.05, 0.1) is 58.7 Å². The number of nitrogens with zero attached hydrogens (tertiary/aromatic N) is 3. The Labute approximate surface area is 465 Å². The van der Waals surface area contributed by atoms with Crippen molar-refractivity contribution in [3.63, 3.8) is 0 Å². The molecule has 0 spiro atoms. The third-order valence-corrected chi connectivity index (χ3v) is 17.7. The van der Waals surface area contributed by atoms with E-state index in [0.717, 1.165) is 35.9 Å². The van der Waals surface area contributed by atoms with Gasteiger partial charge < -0.3 is 54.7 Å². The van der Waals surface area contributed by atoms with Crippen LogP contribution in [0.15, 0.2) is 64.6 Å². The van der Waals surface area contributed by atoms with Crippen molar-refractivity contribution >= 4 is 40.4 Å². The second-order valence-corrected chi connectivity index (χ2v) is 23.3. The summed E-state index contributed by atoms with van der Waals surface area (Å²) in [6.45, 7) is 18.5. The lowest BCUT2D eigenvalue weighted by Gasteiger charge is -2.38. The van der Waals surface area contributed by atoms with Crippen LogP contribution in [0.3, 0.4) is 0 Å². The van der Waals surface area contributed by atoms with E-state index in [4.69, 9.17) is 18.9 Å². The summed E-state index contributed by atoms with van der Waals surface area (Å²) in [5, 5.41) is 41.4. The smallest absolute Gasteiger partial charge is 0.312 e. The third kappa shape index (κ3) is 10.6. The molecule has 2 aliphatic carbocycles. The maximum Gasteiger partial charge on any atom is 0.312 e. The standard InChI is InChI=1S/C61H76FN5O13/c1-29-13-12-14-30(2)59(75)64-47-50(65-22-18-40(19-23-65)63-26-38-17-21-66(27-38)49-33(5)48-41(39-15-16-39)25-31(3)60(76)67(48)28-42(49)62)55(73)44-45(54(47)72)53(71)36(8)57-46(44)58(74)61(10,80-57)78-24-20-43(77-11)32(4)56(79-37(9)68)35(7)52(70)34(6)51(29)69/h12-14,20,24-25,28-29,32,34-35,38-40,43,51-52,56,63,69-71H,15-19,21-23,26-27H2,1-11H3,(H,64,75)/b13-12+,24-20+,30-14-/t29-,32+,34+,35+,38?,43-,51-,52+,56+,61-/m0/s1. The van der Waals surface area contributed by atoms with Gasteiger partial charge in [-0.05, 0) is 101 Å². The van der Waals surface area contributed by atoms with Crippen molar-refractivity contribution in [3.8, 4) is 11.5 Å². The Morgan fingerprint density at radius 3 is 2.23 bits per heavy atom. The van der Waals surface area contributed by atoms with Gasteiger partial charge in [-0.2, -0.15) is 0 Å². The van der Waals surface area contributed by atoms with E-state index in [9.17, 15) is 34.5 Å². The predicted molar refractivity (Wildman–Crippen MR) is 296 cm³/mol. The van der Waals surface area contributed by atoms with Gasteiger partial charge in [0.15, 0.2) is 5.82 Å². The summed E-state index contributed by atoms with van der Waals surface area (Å²) in [5.74, 6) is -9.23. The molecule has 10 rings (SSSR count). The number of aromatic nitrogens is 1. The van der Waals surface area contributed by atoms with E-state index in [0.29, 0.717) is 49.6 Å². The number of nitrogens with one attached hydrogen (secondary N) is 2. The normalized spacial score (nSPS) is 30.5. The number of phenolic OH excluding ortho intramolecular Hbond substituents is 1. The number of rotatable bonds is 8. The zero-order valence-electron chi connectivity index (χ0n) is 47.6. The maximum absolute atomic E-state index is 16.0. The highest BCUT2D eigenvalue weighted by molar-refractivity contribution is 6.32. The molecule has 5 aliphatic heterocycles. The highest BCUT2D eigenvalue weighted by atomic mass is 19.1. The number of ketones is 3. The van der Waals surface area contributed by atoms with E-state index < -0.39 is 100 Å². The molecule has 1 unspecified atom stereocenters. The van der Waals surface area contributed by atoms with Crippen molar-refractivity contribution < 1.29 is 62.6 Å². The van der Waals surface area contributed by atoms with Crippen molar-refractivity contribution in [2.24, 2.45) is 29.6 Å². The number of halogens is 1. The Bertz CT molecular complexity index is 3220. The number of anilines is 1. The number of aliphatic hydroxyl groups excluding tert-OH is 2.